The highest BCUT2D eigenvalue weighted by molar-refractivity contribution is 7.09. The summed E-state index contributed by atoms with van der Waals surface area (Å²) >= 11 is 1.74. The van der Waals surface area contributed by atoms with Crippen LogP contribution in [0.5, 0.6) is 0 Å². The molecule has 1 saturated heterocycles. The van der Waals surface area contributed by atoms with Gasteiger partial charge in [0.15, 0.2) is 0 Å². The summed E-state index contributed by atoms with van der Waals surface area (Å²) in [6.45, 7) is 4.10. The van der Waals surface area contributed by atoms with Gasteiger partial charge in [-0.2, -0.15) is 0 Å². The molecule has 2 aromatic rings. The van der Waals surface area contributed by atoms with E-state index in [1.54, 1.807) is 17.5 Å². The molecule has 0 aromatic carbocycles. The third-order valence-electron chi connectivity index (χ3n) is 4.25. The van der Waals surface area contributed by atoms with E-state index in [4.69, 9.17) is 0 Å². The summed E-state index contributed by atoms with van der Waals surface area (Å²) < 4.78 is 0. The highest BCUT2D eigenvalue weighted by Gasteiger charge is 2.23. The fraction of sp³-hybridized carbons (Fsp3) is 0.444. The number of carbonyl (C=O) groups is 1. The zero-order valence-electron chi connectivity index (χ0n) is 13.8. The SMILES string of the molecule is O=C(CN1CC[C@H](CNc2ccccn2)C1)NCCc1cccs1. The second kappa shape index (κ2) is 8.80. The quantitative estimate of drug-likeness (QED) is 0.771. The lowest BCUT2D eigenvalue weighted by molar-refractivity contribution is -0.122. The van der Waals surface area contributed by atoms with Gasteiger partial charge in [0.2, 0.25) is 5.91 Å². The van der Waals surface area contributed by atoms with Crippen molar-refractivity contribution in [2.24, 2.45) is 5.92 Å². The minimum Gasteiger partial charge on any atom is -0.370 e. The Bertz CT molecular complexity index is 617. The number of likely N-dealkylation sites (tertiary alicyclic amines) is 1. The Morgan fingerprint density at radius 2 is 2.29 bits per heavy atom. The van der Waals surface area contributed by atoms with Crippen molar-refractivity contribution in [3.05, 3.63) is 46.8 Å². The number of nitrogens with one attached hydrogen (secondary N) is 2. The largest absolute Gasteiger partial charge is 0.370 e. The molecule has 3 rings (SSSR count). The number of amides is 1. The van der Waals surface area contributed by atoms with E-state index in [9.17, 15) is 4.79 Å². The monoisotopic (exact) mass is 344 g/mol. The lowest BCUT2D eigenvalue weighted by Gasteiger charge is -2.16. The van der Waals surface area contributed by atoms with E-state index in [0.29, 0.717) is 12.5 Å². The van der Waals surface area contributed by atoms with E-state index >= 15 is 0 Å². The predicted molar refractivity (Wildman–Crippen MR) is 98.3 cm³/mol. The van der Waals surface area contributed by atoms with Crippen molar-refractivity contribution >= 4 is 23.1 Å². The van der Waals surface area contributed by atoms with Gasteiger partial charge in [0.1, 0.15) is 5.82 Å². The maximum absolute atomic E-state index is 12.0. The third-order valence-corrected chi connectivity index (χ3v) is 5.18. The van der Waals surface area contributed by atoms with Gasteiger partial charge in [-0.05, 0) is 48.9 Å². The van der Waals surface area contributed by atoms with Gasteiger partial charge in [0, 0.05) is 30.7 Å². The van der Waals surface area contributed by atoms with Crippen LogP contribution in [-0.4, -0.2) is 48.5 Å². The molecule has 0 saturated carbocycles. The van der Waals surface area contributed by atoms with E-state index in [1.165, 1.54) is 4.88 Å². The van der Waals surface area contributed by atoms with Crippen molar-refractivity contribution in [1.29, 1.82) is 0 Å². The van der Waals surface area contributed by atoms with Gasteiger partial charge in [-0.15, -0.1) is 11.3 Å². The lowest BCUT2D eigenvalue weighted by atomic mass is 10.1. The first-order chi connectivity index (χ1) is 11.8. The molecule has 1 aliphatic rings. The Balaban J connectivity index is 1.31. The Morgan fingerprint density at radius 3 is 3.08 bits per heavy atom. The maximum atomic E-state index is 12.0. The van der Waals surface area contributed by atoms with Gasteiger partial charge in [-0.1, -0.05) is 12.1 Å². The molecule has 24 heavy (non-hydrogen) atoms. The molecule has 128 valence electrons. The van der Waals surface area contributed by atoms with Gasteiger partial charge >= 0.3 is 0 Å². The highest BCUT2D eigenvalue weighted by atomic mass is 32.1. The van der Waals surface area contributed by atoms with Gasteiger partial charge < -0.3 is 10.6 Å². The summed E-state index contributed by atoms with van der Waals surface area (Å²) in [5, 5.41) is 8.46. The minimum absolute atomic E-state index is 0.130. The van der Waals surface area contributed by atoms with Crippen LogP contribution in [0.3, 0.4) is 0 Å². The molecule has 1 amide bonds. The number of anilines is 1. The summed E-state index contributed by atoms with van der Waals surface area (Å²) in [6, 6.07) is 10.0. The normalized spacial score (nSPS) is 17.8. The van der Waals surface area contributed by atoms with E-state index in [0.717, 1.165) is 44.8 Å². The van der Waals surface area contributed by atoms with Crippen molar-refractivity contribution in [2.75, 3.05) is 38.0 Å². The summed E-state index contributed by atoms with van der Waals surface area (Å²) in [5.74, 6) is 1.62. The van der Waals surface area contributed by atoms with E-state index in [2.05, 4.69) is 32.0 Å². The van der Waals surface area contributed by atoms with Crippen LogP contribution < -0.4 is 10.6 Å². The molecule has 3 heterocycles. The smallest absolute Gasteiger partial charge is 0.234 e. The van der Waals surface area contributed by atoms with E-state index in [-0.39, 0.29) is 5.91 Å². The van der Waals surface area contributed by atoms with Crippen LogP contribution in [0.4, 0.5) is 5.82 Å². The van der Waals surface area contributed by atoms with Crippen LogP contribution in [-0.2, 0) is 11.2 Å². The molecule has 5 nitrogen and oxygen atoms in total. The topological polar surface area (TPSA) is 57.3 Å². The average molecular weight is 344 g/mol. The molecular formula is C18H24N4OS. The number of pyridine rings is 1. The number of carbonyl (C=O) groups excluding carboxylic acids is 1. The summed E-state index contributed by atoms with van der Waals surface area (Å²) in [7, 11) is 0. The molecule has 0 radical (unpaired) electrons. The number of aromatic nitrogens is 1. The Morgan fingerprint density at radius 1 is 1.33 bits per heavy atom. The number of nitrogens with zero attached hydrogens (tertiary/aromatic N) is 2. The standard InChI is InChI=1S/C18H24N4OS/c23-18(20-9-6-16-4-3-11-24-16)14-22-10-7-15(13-22)12-21-17-5-1-2-8-19-17/h1-5,8,11,15H,6-7,9-10,12-14H2,(H,19,21)(H,20,23)/t15-/m1/s1. The second-order valence-corrected chi connectivity index (χ2v) is 7.20. The zero-order valence-corrected chi connectivity index (χ0v) is 14.6. The third kappa shape index (κ3) is 5.32. The Hall–Kier alpha value is -1.92. The molecule has 0 unspecified atom stereocenters. The molecule has 1 aliphatic heterocycles. The van der Waals surface area contributed by atoms with E-state index in [1.807, 2.05) is 24.3 Å². The van der Waals surface area contributed by atoms with Gasteiger partial charge in [0.05, 0.1) is 6.54 Å². The Kier molecular flexibility index (Phi) is 6.20. The van der Waals surface area contributed by atoms with Crippen LogP contribution >= 0.6 is 11.3 Å². The van der Waals surface area contributed by atoms with E-state index < -0.39 is 0 Å². The van der Waals surface area contributed by atoms with Crippen LogP contribution in [0.1, 0.15) is 11.3 Å². The summed E-state index contributed by atoms with van der Waals surface area (Å²) in [4.78, 5) is 19.9. The zero-order chi connectivity index (χ0) is 16.6. The van der Waals surface area contributed by atoms with Crippen molar-refractivity contribution in [1.82, 2.24) is 15.2 Å². The molecule has 2 N–H and O–H groups in total. The fourth-order valence-electron chi connectivity index (χ4n) is 2.98. The van der Waals surface area contributed by atoms with Crippen LogP contribution in [0.15, 0.2) is 41.9 Å². The summed E-state index contributed by atoms with van der Waals surface area (Å²) in [6.07, 6.45) is 3.84. The average Bonchev–Trinajstić information content (AvgIpc) is 3.26. The Labute approximate surface area is 147 Å². The molecule has 1 atom stereocenters. The van der Waals surface area contributed by atoms with Crippen molar-refractivity contribution < 1.29 is 4.79 Å². The summed E-state index contributed by atoms with van der Waals surface area (Å²) in [5.41, 5.74) is 0. The minimum atomic E-state index is 0.130. The first kappa shape index (κ1) is 16.9. The molecule has 1 fully saturated rings. The van der Waals surface area contributed by atoms with Gasteiger partial charge in [-0.25, -0.2) is 4.98 Å². The van der Waals surface area contributed by atoms with Crippen LogP contribution in [0.2, 0.25) is 0 Å². The maximum Gasteiger partial charge on any atom is 0.234 e. The molecule has 0 bridgehead atoms. The second-order valence-electron chi connectivity index (χ2n) is 6.17. The number of hydrogen-bond donors (Lipinski definition) is 2. The number of thiophene rings is 1. The molecule has 0 spiro atoms. The molecule has 2 aromatic heterocycles. The van der Waals surface area contributed by atoms with Crippen LogP contribution in [0.25, 0.3) is 0 Å². The van der Waals surface area contributed by atoms with Crippen molar-refractivity contribution in [3.8, 4) is 0 Å². The fourth-order valence-corrected chi connectivity index (χ4v) is 3.69. The van der Waals surface area contributed by atoms with Crippen LogP contribution in [0, 0.1) is 5.92 Å². The van der Waals surface area contributed by atoms with Crippen molar-refractivity contribution in [2.45, 2.75) is 12.8 Å². The molecule has 6 heteroatoms. The molecular weight excluding hydrogens is 320 g/mol. The van der Waals surface area contributed by atoms with Crippen molar-refractivity contribution in [3.63, 3.8) is 0 Å². The molecule has 0 aliphatic carbocycles. The number of hydrogen-bond acceptors (Lipinski definition) is 5. The predicted octanol–water partition coefficient (Wildman–Crippen LogP) is 2.24. The number of rotatable bonds is 8. The first-order valence-electron chi connectivity index (χ1n) is 8.46. The first-order valence-corrected chi connectivity index (χ1v) is 9.34. The highest BCUT2D eigenvalue weighted by Crippen LogP contribution is 2.16. The van der Waals surface area contributed by atoms with Gasteiger partial charge in [-0.3, -0.25) is 9.69 Å². The van der Waals surface area contributed by atoms with Gasteiger partial charge in [0.25, 0.3) is 0 Å². The lowest BCUT2D eigenvalue weighted by Crippen LogP contribution is -2.37.